The highest BCUT2D eigenvalue weighted by Crippen LogP contribution is 2.19. The Bertz CT molecular complexity index is 467. The van der Waals surface area contributed by atoms with Crippen LogP contribution >= 0.6 is 0 Å². The molecular weight excluding hydrogens is 244 g/mol. The van der Waals surface area contributed by atoms with Crippen LogP contribution in [0.15, 0.2) is 30.3 Å². The van der Waals surface area contributed by atoms with Gasteiger partial charge in [0.15, 0.2) is 0 Å². The Labute approximate surface area is 112 Å². The van der Waals surface area contributed by atoms with E-state index in [0.29, 0.717) is 5.56 Å². The maximum absolute atomic E-state index is 11.6. The summed E-state index contributed by atoms with van der Waals surface area (Å²) in [5, 5.41) is 15.3. The zero-order chi connectivity index (χ0) is 13.9. The van der Waals surface area contributed by atoms with Gasteiger partial charge in [-0.15, -0.1) is 0 Å². The Hall–Kier alpha value is -1.88. The Morgan fingerprint density at radius 1 is 1.26 bits per heavy atom. The van der Waals surface area contributed by atoms with Gasteiger partial charge in [0.1, 0.15) is 5.60 Å². The van der Waals surface area contributed by atoms with Crippen molar-refractivity contribution >= 4 is 11.8 Å². The summed E-state index contributed by atoms with van der Waals surface area (Å²) in [4.78, 5) is 23.0. The van der Waals surface area contributed by atoms with Crippen molar-refractivity contribution in [3.05, 3.63) is 35.9 Å². The molecule has 102 valence electrons. The molecule has 1 aromatic carbocycles. The summed E-state index contributed by atoms with van der Waals surface area (Å²) in [6.07, 6.45) is 1.86. The average molecular weight is 262 g/mol. The van der Waals surface area contributed by atoms with Crippen LogP contribution in [-0.2, 0) is 15.2 Å². The monoisotopic (exact) mass is 262 g/mol. The van der Waals surface area contributed by atoms with Crippen molar-refractivity contribution in [3.8, 4) is 0 Å². The van der Waals surface area contributed by atoms with Gasteiger partial charge in [-0.05, 0) is 25.3 Å². The highest BCUT2D eigenvalue weighted by Gasteiger charge is 2.28. The van der Waals surface area contributed by atoms with Crippen LogP contribution in [0, 0.1) is 0 Å². The van der Waals surface area contributed by atoms with Gasteiger partial charge in [0.2, 0.25) is 0 Å². The fourth-order valence-corrected chi connectivity index (χ4v) is 1.71. The second-order valence-electron chi connectivity index (χ2n) is 5.07. The Balaban J connectivity index is 1.86. The van der Waals surface area contributed by atoms with Gasteiger partial charge < -0.3 is 15.7 Å². The van der Waals surface area contributed by atoms with Crippen molar-refractivity contribution in [2.24, 2.45) is 0 Å². The van der Waals surface area contributed by atoms with Gasteiger partial charge in [-0.25, -0.2) is 0 Å². The van der Waals surface area contributed by atoms with Gasteiger partial charge in [0.05, 0.1) is 6.54 Å². The summed E-state index contributed by atoms with van der Waals surface area (Å²) >= 11 is 0. The predicted molar refractivity (Wildman–Crippen MR) is 70.2 cm³/mol. The zero-order valence-electron chi connectivity index (χ0n) is 10.8. The molecule has 1 fully saturated rings. The SMILES string of the molecule is CC(O)(CNC(=O)C(=O)NC1CC1)c1ccccc1. The van der Waals surface area contributed by atoms with Crippen molar-refractivity contribution in [2.45, 2.75) is 31.4 Å². The summed E-state index contributed by atoms with van der Waals surface area (Å²) in [5.74, 6) is -1.34. The fraction of sp³-hybridized carbons (Fsp3) is 0.429. The molecule has 19 heavy (non-hydrogen) atoms. The molecule has 1 aromatic rings. The molecule has 0 bridgehead atoms. The number of hydrogen-bond donors (Lipinski definition) is 3. The zero-order valence-corrected chi connectivity index (χ0v) is 10.8. The maximum Gasteiger partial charge on any atom is 0.309 e. The number of amides is 2. The molecule has 5 nitrogen and oxygen atoms in total. The molecular formula is C14H18N2O3. The molecule has 1 unspecified atom stereocenters. The molecule has 0 heterocycles. The van der Waals surface area contributed by atoms with E-state index in [0.717, 1.165) is 12.8 Å². The molecule has 1 aliphatic carbocycles. The fourth-order valence-electron chi connectivity index (χ4n) is 1.71. The summed E-state index contributed by atoms with van der Waals surface area (Å²) < 4.78 is 0. The van der Waals surface area contributed by atoms with Gasteiger partial charge in [0.25, 0.3) is 0 Å². The van der Waals surface area contributed by atoms with Crippen LogP contribution in [0.4, 0.5) is 0 Å². The molecule has 2 amide bonds. The van der Waals surface area contributed by atoms with E-state index in [4.69, 9.17) is 0 Å². The van der Waals surface area contributed by atoms with Crippen molar-refractivity contribution < 1.29 is 14.7 Å². The van der Waals surface area contributed by atoms with Crippen LogP contribution in [0.3, 0.4) is 0 Å². The number of aliphatic hydroxyl groups is 1. The smallest absolute Gasteiger partial charge is 0.309 e. The first-order valence-electron chi connectivity index (χ1n) is 6.35. The largest absolute Gasteiger partial charge is 0.384 e. The summed E-state index contributed by atoms with van der Waals surface area (Å²) in [7, 11) is 0. The van der Waals surface area contributed by atoms with Crippen molar-refractivity contribution in [2.75, 3.05) is 6.54 Å². The lowest BCUT2D eigenvalue weighted by Gasteiger charge is -2.24. The van der Waals surface area contributed by atoms with Crippen LogP contribution in [0.1, 0.15) is 25.3 Å². The lowest BCUT2D eigenvalue weighted by molar-refractivity contribution is -0.139. The average Bonchev–Trinajstić information content (AvgIpc) is 3.21. The second kappa shape index (κ2) is 5.40. The molecule has 3 N–H and O–H groups in total. The van der Waals surface area contributed by atoms with E-state index in [-0.39, 0.29) is 12.6 Å². The number of nitrogens with one attached hydrogen (secondary N) is 2. The quantitative estimate of drug-likeness (QED) is 0.682. The van der Waals surface area contributed by atoms with E-state index in [1.165, 1.54) is 0 Å². The van der Waals surface area contributed by atoms with E-state index in [9.17, 15) is 14.7 Å². The third-order valence-corrected chi connectivity index (χ3v) is 3.11. The molecule has 0 aliphatic heterocycles. The first kappa shape index (κ1) is 13.5. The normalized spacial score (nSPS) is 17.4. The van der Waals surface area contributed by atoms with Crippen LogP contribution < -0.4 is 10.6 Å². The maximum atomic E-state index is 11.6. The number of benzene rings is 1. The molecule has 2 rings (SSSR count). The third kappa shape index (κ3) is 3.79. The second-order valence-corrected chi connectivity index (χ2v) is 5.07. The van der Waals surface area contributed by atoms with Crippen molar-refractivity contribution in [3.63, 3.8) is 0 Å². The minimum absolute atomic E-state index is 0.00602. The highest BCUT2D eigenvalue weighted by atomic mass is 16.3. The molecule has 0 aromatic heterocycles. The van der Waals surface area contributed by atoms with Crippen LogP contribution in [0.25, 0.3) is 0 Å². The summed E-state index contributed by atoms with van der Waals surface area (Å²) in [6, 6.07) is 9.16. The van der Waals surface area contributed by atoms with Crippen LogP contribution in [0.5, 0.6) is 0 Å². The molecule has 1 aliphatic rings. The van der Waals surface area contributed by atoms with E-state index in [1.807, 2.05) is 18.2 Å². The Kier molecular flexibility index (Phi) is 3.85. The minimum atomic E-state index is -1.20. The van der Waals surface area contributed by atoms with E-state index >= 15 is 0 Å². The number of rotatable bonds is 4. The molecule has 5 heteroatoms. The molecule has 1 saturated carbocycles. The van der Waals surface area contributed by atoms with Gasteiger partial charge >= 0.3 is 11.8 Å². The first-order chi connectivity index (χ1) is 8.99. The number of hydrogen-bond acceptors (Lipinski definition) is 3. The highest BCUT2D eigenvalue weighted by molar-refractivity contribution is 6.35. The van der Waals surface area contributed by atoms with Gasteiger partial charge in [-0.1, -0.05) is 30.3 Å². The van der Waals surface area contributed by atoms with Gasteiger partial charge in [-0.2, -0.15) is 0 Å². The van der Waals surface area contributed by atoms with Crippen LogP contribution in [0.2, 0.25) is 0 Å². The molecule has 0 spiro atoms. The van der Waals surface area contributed by atoms with E-state index in [1.54, 1.807) is 19.1 Å². The lowest BCUT2D eigenvalue weighted by atomic mass is 9.96. The van der Waals surface area contributed by atoms with Crippen molar-refractivity contribution in [1.82, 2.24) is 10.6 Å². The van der Waals surface area contributed by atoms with Gasteiger partial charge in [-0.3, -0.25) is 9.59 Å². The molecule has 1 atom stereocenters. The number of carbonyl (C=O) groups is 2. The van der Waals surface area contributed by atoms with Crippen LogP contribution in [-0.4, -0.2) is 29.5 Å². The lowest BCUT2D eigenvalue weighted by Crippen LogP contribution is -2.45. The first-order valence-corrected chi connectivity index (χ1v) is 6.35. The molecule has 0 radical (unpaired) electrons. The van der Waals surface area contributed by atoms with Crippen molar-refractivity contribution in [1.29, 1.82) is 0 Å². The number of carbonyl (C=O) groups excluding carboxylic acids is 2. The van der Waals surface area contributed by atoms with E-state index < -0.39 is 17.4 Å². The van der Waals surface area contributed by atoms with Gasteiger partial charge in [0, 0.05) is 6.04 Å². The topological polar surface area (TPSA) is 78.4 Å². The Morgan fingerprint density at radius 3 is 2.47 bits per heavy atom. The summed E-state index contributed by atoms with van der Waals surface area (Å²) in [6.45, 7) is 1.59. The predicted octanol–water partition coefficient (Wildman–Crippen LogP) is 0.289. The third-order valence-electron chi connectivity index (χ3n) is 3.11. The minimum Gasteiger partial charge on any atom is -0.384 e. The standard InChI is InChI=1S/C14H18N2O3/c1-14(19,10-5-3-2-4-6-10)9-15-12(17)13(18)16-11-7-8-11/h2-6,11,19H,7-9H2,1H3,(H,15,17)(H,16,18). The summed E-state index contributed by atoms with van der Waals surface area (Å²) in [5.41, 5.74) is -0.505. The van der Waals surface area contributed by atoms with E-state index in [2.05, 4.69) is 10.6 Å². The molecule has 0 saturated heterocycles. The Morgan fingerprint density at radius 2 is 1.89 bits per heavy atom.